The number of carbonyl (C=O) groups excluding carboxylic acids is 2. The molecule has 0 saturated heterocycles. The largest absolute Gasteiger partial charge is 0.346 e. The highest BCUT2D eigenvalue weighted by Gasteiger charge is 2.17. The summed E-state index contributed by atoms with van der Waals surface area (Å²) in [6, 6.07) is 14.4. The molecule has 0 aromatic heterocycles. The van der Waals surface area contributed by atoms with Gasteiger partial charge in [-0.3, -0.25) is 9.59 Å². The van der Waals surface area contributed by atoms with Gasteiger partial charge in [0.25, 0.3) is 0 Å². The van der Waals surface area contributed by atoms with E-state index in [1.807, 2.05) is 32.0 Å². The number of amides is 2. The lowest BCUT2D eigenvalue weighted by atomic mass is 9.94. The molecule has 0 unspecified atom stereocenters. The summed E-state index contributed by atoms with van der Waals surface area (Å²) in [5, 5.41) is 8.88. The molecule has 0 aliphatic carbocycles. The van der Waals surface area contributed by atoms with Crippen LogP contribution in [0, 0.1) is 19.8 Å². The Morgan fingerprint density at radius 2 is 1.63 bits per heavy atom. The molecule has 3 N–H and O–H groups in total. The van der Waals surface area contributed by atoms with Gasteiger partial charge in [0.15, 0.2) is 0 Å². The molecule has 0 radical (unpaired) electrons. The summed E-state index contributed by atoms with van der Waals surface area (Å²) in [4.78, 5) is 24.5. The highest BCUT2D eigenvalue weighted by Crippen LogP contribution is 2.22. The maximum Gasteiger partial charge on any atom is 0.243 e. The van der Waals surface area contributed by atoms with Gasteiger partial charge in [-0.15, -0.1) is 0 Å². The summed E-state index contributed by atoms with van der Waals surface area (Å²) >= 11 is 0. The molecule has 0 aliphatic rings. The fourth-order valence-corrected chi connectivity index (χ4v) is 3.44. The van der Waals surface area contributed by atoms with Crippen LogP contribution in [0.15, 0.2) is 42.5 Å². The third-order valence-electron chi connectivity index (χ3n) is 5.35. The number of nitrogens with one attached hydrogen (secondary N) is 3. The van der Waals surface area contributed by atoms with Crippen molar-refractivity contribution in [3.63, 3.8) is 0 Å². The van der Waals surface area contributed by atoms with E-state index in [2.05, 4.69) is 61.0 Å². The molecule has 0 fully saturated rings. The van der Waals surface area contributed by atoms with Crippen molar-refractivity contribution in [3.05, 3.63) is 64.7 Å². The van der Waals surface area contributed by atoms with Gasteiger partial charge in [-0.25, -0.2) is 0 Å². The molecule has 0 heterocycles. The van der Waals surface area contributed by atoms with E-state index in [1.54, 1.807) is 0 Å². The molecule has 162 valence electrons. The summed E-state index contributed by atoms with van der Waals surface area (Å²) < 4.78 is 0. The number of carbonyl (C=O) groups is 2. The molecule has 0 saturated carbocycles. The maximum absolute atomic E-state index is 12.3. The zero-order valence-corrected chi connectivity index (χ0v) is 18.8. The van der Waals surface area contributed by atoms with Gasteiger partial charge in [0.2, 0.25) is 11.8 Å². The molecule has 2 aromatic carbocycles. The van der Waals surface area contributed by atoms with Crippen molar-refractivity contribution >= 4 is 17.5 Å². The van der Waals surface area contributed by atoms with Crippen molar-refractivity contribution < 1.29 is 9.59 Å². The van der Waals surface area contributed by atoms with E-state index in [0.717, 1.165) is 29.7 Å². The van der Waals surface area contributed by atoms with E-state index in [0.29, 0.717) is 5.92 Å². The van der Waals surface area contributed by atoms with Crippen LogP contribution in [-0.4, -0.2) is 24.9 Å². The van der Waals surface area contributed by atoms with Crippen molar-refractivity contribution in [1.29, 1.82) is 0 Å². The second-order valence-electron chi connectivity index (χ2n) is 8.17. The van der Waals surface area contributed by atoms with Crippen LogP contribution in [0.4, 0.5) is 5.69 Å². The molecule has 30 heavy (non-hydrogen) atoms. The van der Waals surface area contributed by atoms with Crippen LogP contribution in [0.1, 0.15) is 55.5 Å². The molecule has 2 amide bonds. The first-order chi connectivity index (χ1) is 14.3. The molecular weight excluding hydrogens is 374 g/mol. The molecular formula is C25H35N3O2. The molecule has 5 nitrogen and oxygen atoms in total. The zero-order chi connectivity index (χ0) is 22.1. The van der Waals surface area contributed by atoms with Crippen LogP contribution in [-0.2, 0) is 16.0 Å². The maximum atomic E-state index is 12.3. The van der Waals surface area contributed by atoms with Crippen LogP contribution in [0.5, 0.6) is 0 Å². The predicted molar refractivity (Wildman–Crippen MR) is 124 cm³/mol. The minimum Gasteiger partial charge on any atom is -0.346 e. The molecule has 0 spiro atoms. The molecule has 2 rings (SSSR count). The first kappa shape index (κ1) is 23.6. The lowest BCUT2D eigenvalue weighted by Crippen LogP contribution is -2.40. The average Bonchev–Trinajstić information content (AvgIpc) is 2.71. The Hall–Kier alpha value is -2.66. The number of benzene rings is 2. The SMILES string of the molecule is CCCc1ccc([C@@H](NCC(=O)NCC(=O)Nc2cccc(C)c2C)C(C)C)cc1. The predicted octanol–water partition coefficient (Wildman–Crippen LogP) is 4.30. The van der Waals surface area contributed by atoms with Gasteiger partial charge < -0.3 is 16.0 Å². The smallest absolute Gasteiger partial charge is 0.243 e. The molecule has 2 aromatic rings. The van der Waals surface area contributed by atoms with E-state index in [9.17, 15) is 9.59 Å². The van der Waals surface area contributed by atoms with Crippen LogP contribution in [0.25, 0.3) is 0 Å². The van der Waals surface area contributed by atoms with Crippen molar-refractivity contribution in [2.24, 2.45) is 5.92 Å². The first-order valence-corrected chi connectivity index (χ1v) is 10.8. The van der Waals surface area contributed by atoms with Gasteiger partial charge >= 0.3 is 0 Å². The van der Waals surface area contributed by atoms with Crippen molar-refractivity contribution in [1.82, 2.24) is 10.6 Å². The monoisotopic (exact) mass is 409 g/mol. The van der Waals surface area contributed by atoms with Gasteiger partial charge in [-0.05, 0) is 54.5 Å². The summed E-state index contributed by atoms with van der Waals surface area (Å²) in [5.41, 5.74) is 5.42. The standard InChI is InChI=1S/C25H35N3O2/c1-6-8-20-11-13-21(14-12-20)25(17(2)3)27-15-23(29)26-16-24(30)28-22-10-7-9-18(4)19(22)5/h7,9-14,17,25,27H,6,8,15-16H2,1-5H3,(H,26,29)(H,28,30)/t25-/m0/s1. The molecule has 0 aliphatic heterocycles. The van der Waals surface area contributed by atoms with E-state index in [-0.39, 0.29) is 30.9 Å². The summed E-state index contributed by atoms with van der Waals surface area (Å²) in [6.07, 6.45) is 2.20. The fourth-order valence-electron chi connectivity index (χ4n) is 3.44. The van der Waals surface area contributed by atoms with Crippen molar-refractivity contribution in [2.45, 2.75) is 53.5 Å². The second kappa shape index (κ2) is 11.5. The average molecular weight is 410 g/mol. The van der Waals surface area contributed by atoms with Gasteiger partial charge in [-0.1, -0.05) is 63.6 Å². The van der Waals surface area contributed by atoms with Crippen molar-refractivity contribution in [2.75, 3.05) is 18.4 Å². The van der Waals surface area contributed by atoms with Gasteiger partial charge in [0, 0.05) is 11.7 Å². The number of hydrogen-bond acceptors (Lipinski definition) is 3. The summed E-state index contributed by atoms with van der Waals surface area (Å²) in [5.74, 6) is -0.0919. The van der Waals surface area contributed by atoms with E-state index < -0.39 is 0 Å². The van der Waals surface area contributed by atoms with Crippen molar-refractivity contribution in [3.8, 4) is 0 Å². The van der Waals surface area contributed by atoms with E-state index in [4.69, 9.17) is 0 Å². The third-order valence-corrected chi connectivity index (χ3v) is 5.35. The van der Waals surface area contributed by atoms with Gasteiger partial charge in [-0.2, -0.15) is 0 Å². The number of rotatable bonds is 10. The molecule has 5 heteroatoms. The Morgan fingerprint density at radius 1 is 0.933 bits per heavy atom. The zero-order valence-electron chi connectivity index (χ0n) is 18.8. The van der Waals surface area contributed by atoms with Crippen LogP contribution >= 0.6 is 0 Å². The van der Waals surface area contributed by atoms with Crippen LogP contribution < -0.4 is 16.0 Å². The quantitative estimate of drug-likeness (QED) is 0.548. The van der Waals surface area contributed by atoms with Crippen LogP contribution in [0.3, 0.4) is 0 Å². The Bertz CT molecular complexity index is 844. The van der Waals surface area contributed by atoms with Gasteiger partial charge in [0.05, 0.1) is 13.1 Å². The number of aryl methyl sites for hydroxylation is 2. The highest BCUT2D eigenvalue weighted by atomic mass is 16.2. The third kappa shape index (κ3) is 6.99. The lowest BCUT2D eigenvalue weighted by molar-refractivity contribution is -0.123. The Kier molecular flexibility index (Phi) is 9.06. The molecule has 1 atom stereocenters. The van der Waals surface area contributed by atoms with E-state index >= 15 is 0 Å². The Morgan fingerprint density at radius 3 is 2.27 bits per heavy atom. The van der Waals surface area contributed by atoms with Gasteiger partial charge in [0.1, 0.15) is 0 Å². The minimum atomic E-state index is -0.232. The summed E-state index contributed by atoms with van der Waals surface area (Å²) in [7, 11) is 0. The van der Waals surface area contributed by atoms with E-state index in [1.165, 1.54) is 11.1 Å². The highest BCUT2D eigenvalue weighted by molar-refractivity contribution is 5.95. The lowest BCUT2D eigenvalue weighted by Gasteiger charge is -2.23. The normalized spacial score (nSPS) is 11.9. The fraction of sp³-hybridized carbons (Fsp3) is 0.440. The summed E-state index contributed by atoms with van der Waals surface area (Å²) in [6.45, 7) is 10.5. The second-order valence-corrected chi connectivity index (χ2v) is 8.17. The number of anilines is 1. The van der Waals surface area contributed by atoms with Crippen LogP contribution in [0.2, 0.25) is 0 Å². The Balaban J connectivity index is 1.84. The topological polar surface area (TPSA) is 70.2 Å². The first-order valence-electron chi connectivity index (χ1n) is 10.8. The Labute approximate surface area is 180 Å². The molecule has 0 bridgehead atoms. The minimum absolute atomic E-state index is 0.0496. The number of hydrogen-bond donors (Lipinski definition) is 3.